The van der Waals surface area contributed by atoms with E-state index in [1.807, 2.05) is 6.92 Å². The number of esters is 1. The van der Waals surface area contributed by atoms with Crippen molar-refractivity contribution in [3.8, 4) is 0 Å². The summed E-state index contributed by atoms with van der Waals surface area (Å²) in [7, 11) is 0. The maximum absolute atomic E-state index is 11.1. The summed E-state index contributed by atoms with van der Waals surface area (Å²) < 4.78 is 5.15. The van der Waals surface area contributed by atoms with Crippen LogP contribution in [0.25, 0.3) is 0 Å². The molecule has 0 aromatic carbocycles. The van der Waals surface area contributed by atoms with E-state index in [9.17, 15) is 9.59 Å². The third kappa shape index (κ3) is 9.61. The lowest BCUT2D eigenvalue weighted by atomic mass is 10.1. The highest BCUT2D eigenvalue weighted by molar-refractivity contribution is 5.93. The van der Waals surface area contributed by atoms with Crippen molar-refractivity contribution in [2.24, 2.45) is 10.9 Å². The summed E-state index contributed by atoms with van der Waals surface area (Å²) in [4.78, 5) is 26.1. The number of amides is 1. The van der Waals surface area contributed by atoms with Gasteiger partial charge in [-0.25, -0.2) is 0 Å². The predicted octanol–water partition coefficient (Wildman–Crippen LogP) is 4.04. The van der Waals surface area contributed by atoms with Crippen LogP contribution in [0, 0.1) is 5.92 Å². The van der Waals surface area contributed by atoms with E-state index in [-0.39, 0.29) is 29.9 Å². The first-order valence-corrected chi connectivity index (χ1v) is 10.1. The lowest BCUT2D eigenvalue weighted by molar-refractivity contribution is -0.141. The highest BCUT2D eigenvalue weighted by atomic mass is 16.5. The molecule has 5 nitrogen and oxygen atoms in total. The number of aliphatic imine (C=N–C) groups is 1. The Bertz CT molecular complexity index is 423. The summed E-state index contributed by atoms with van der Waals surface area (Å²) >= 11 is 0. The Morgan fingerprint density at radius 2 is 1.88 bits per heavy atom. The first-order chi connectivity index (χ1) is 12.1. The number of ether oxygens (including phenoxy) is 1. The number of nitrogens with one attached hydrogen (secondary N) is 1. The minimum absolute atomic E-state index is 0.000910. The summed E-state index contributed by atoms with van der Waals surface area (Å²) in [6, 6.07) is 0.281. The highest BCUT2D eigenvalue weighted by Gasteiger charge is 2.22. The van der Waals surface area contributed by atoms with Crippen LogP contribution >= 0.6 is 0 Å². The quantitative estimate of drug-likeness (QED) is 0.529. The van der Waals surface area contributed by atoms with Gasteiger partial charge < -0.3 is 10.1 Å². The van der Waals surface area contributed by atoms with Gasteiger partial charge in [-0.1, -0.05) is 46.0 Å². The van der Waals surface area contributed by atoms with Crippen LogP contribution in [0.4, 0.5) is 0 Å². The molecular formula is C20H36N2O3. The second-order valence-corrected chi connectivity index (χ2v) is 7.10. The molecule has 25 heavy (non-hydrogen) atoms. The van der Waals surface area contributed by atoms with Crippen LogP contribution < -0.4 is 5.32 Å². The SMILES string of the molecule is CCC1CNC(=O)C(C)C=N1.CCCCCCCCC1CCC(=O)O1. The minimum Gasteiger partial charge on any atom is -0.462 e. The van der Waals surface area contributed by atoms with Crippen LogP contribution in [0.15, 0.2) is 4.99 Å². The number of nitrogens with zero attached hydrogens (tertiary/aromatic N) is 1. The molecule has 0 saturated carbocycles. The van der Waals surface area contributed by atoms with E-state index in [2.05, 4.69) is 24.2 Å². The van der Waals surface area contributed by atoms with Gasteiger partial charge in [0, 0.05) is 19.2 Å². The van der Waals surface area contributed by atoms with Crippen LogP contribution in [0.1, 0.15) is 85.0 Å². The normalized spacial score (nSPS) is 25.6. The number of hydrogen-bond donors (Lipinski definition) is 1. The molecule has 0 aliphatic carbocycles. The number of carbonyl (C=O) groups excluding carboxylic acids is 2. The second kappa shape index (κ2) is 12.9. The maximum Gasteiger partial charge on any atom is 0.306 e. The Labute approximate surface area is 153 Å². The average Bonchev–Trinajstić information content (AvgIpc) is 2.95. The van der Waals surface area contributed by atoms with Gasteiger partial charge in [-0.2, -0.15) is 0 Å². The van der Waals surface area contributed by atoms with E-state index in [1.165, 1.54) is 38.5 Å². The van der Waals surface area contributed by atoms with Crippen molar-refractivity contribution in [3.63, 3.8) is 0 Å². The van der Waals surface area contributed by atoms with E-state index in [0.29, 0.717) is 13.0 Å². The van der Waals surface area contributed by atoms with E-state index >= 15 is 0 Å². The standard InChI is InChI=1S/C12H22O2.C8H14N2O/c1-2-3-4-5-6-7-8-11-9-10-12(13)14-11;1-3-7-5-10-8(11)6(2)4-9-7/h11H,2-10H2,1H3;4,6-7H,3,5H2,1-2H3,(H,10,11). The molecule has 144 valence electrons. The van der Waals surface area contributed by atoms with E-state index in [1.54, 1.807) is 6.21 Å². The zero-order valence-electron chi connectivity index (χ0n) is 16.3. The number of cyclic esters (lactones) is 1. The Morgan fingerprint density at radius 1 is 1.16 bits per heavy atom. The largest absolute Gasteiger partial charge is 0.462 e. The molecule has 3 atom stereocenters. The summed E-state index contributed by atoms with van der Waals surface area (Å²) in [5.41, 5.74) is 0. The van der Waals surface area contributed by atoms with Gasteiger partial charge in [-0.3, -0.25) is 14.6 Å². The van der Waals surface area contributed by atoms with E-state index in [4.69, 9.17) is 4.74 Å². The van der Waals surface area contributed by atoms with Crippen LogP contribution in [-0.2, 0) is 14.3 Å². The number of unbranched alkanes of at least 4 members (excludes halogenated alkanes) is 5. The van der Waals surface area contributed by atoms with Crippen LogP contribution in [0.5, 0.6) is 0 Å². The zero-order valence-corrected chi connectivity index (χ0v) is 16.3. The molecule has 0 aromatic heterocycles. The van der Waals surface area contributed by atoms with Gasteiger partial charge in [0.1, 0.15) is 6.10 Å². The summed E-state index contributed by atoms with van der Waals surface area (Å²) in [5, 5.41) is 2.83. The van der Waals surface area contributed by atoms with Crippen LogP contribution in [0.3, 0.4) is 0 Å². The summed E-state index contributed by atoms with van der Waals surface area (Å²) in [6.07, 6.45) is 13.5. The third-order valence-corrected chi connectivity index (χ3v) is 4.77. The van der Waals surface area contributed by atoms with Crippen molar-refractivity contribution < 1.29 is 14.3 Å². The van der Waals surface area contributed by atoms with Gasteiger partial charge in [0.15, 0.2) is 0 Å². The summed E-state index contributed by atoms with van der Waals surface area (Å²) in [5.74, 6) is 0.0252. The van der Waals surface area contributed by atoms with Gasteiger partial charge in [-0.05, 0) is 32.6 Å². The Balaban J connectivity index is 0.000000257. The molecular weight excluding hydrogens is 316 g/mol. The fourth-order valence-corrected chi connectivity index (χ4v) is 2.94. The fourth-order valence-electron chi connectivity index (χ4n) is 2.94. The van der Waals surface area contributed by atoms with Crippen molar-refractivity contribution in [1.29, 1.82) is 0 Å². The van der Waals surface area contributed by atoms with Crippen LogP contribution in [-0.4, -0.2) is 36.8 Å². The molecule has 2 rings (SSSR count). The first kappa shape index (κ1) is 21.7. The van der Waals surface area contributed by atoms with Gasteiger partial charge >= 0.3 is 5.97 Å². The molecule has 3 unspecified atom stereocenters. The molecule has 1 fully saturated rings. The average molecular weight is 353 g/mol. The van der Waals surface area contributed by atoms with Crippen molar-refractivity contribution in [2.75, 3.05) is 6.54 Å². The van der Waals surface area contributed by atoms with Crippen molar-refractivity contribution in [3.05, 3.63) is 0 Å². The monoisotopic (exact) mass is 352 g/mol. The van der Waals surface area contributed by atoms with Crippen molar-refractivity contribution in [1.82, 2.24) is 5.32 Å². The van der Waals surface area contributed by atoms with E-state index < -0.39 is 0 Å². The third-order valence-electron chi connectivity index (χ3n) is 4.77. The summed E-state index contributed by atoms with van der Waals surface area (Å²) in [6.45, 7) is 6.86. The molecule has 1 saturated heterocycles. The Morgan fingerprint density at radius 3 is 2.52 bits per heavy atom. The topological polar surface area (TPSA) is 67.8 Å². The molecule has 0 spiro atoms. The molecule has 1 amide bonds. The van der Waals surface area contributed by atoms with Gasteiger partial charge in [0.05, 0.1) is 12.0 Å². The molecule has 0 aromatic rings. The zero-order chi connectivity index (χ0) is 18.5. The van der Waals surface area contributed by atoms with Gasteiger partial charge in [0.2, 0.25) is 5.91 Å². The van der Waals surface area contributed by atoms with E-state index in [0.717, 1.165) is 19.3 Å². The fraction of sp³-hybridized carbons (Fsp3) is 0.850. The lowest BCUT2D eigenvalue weighted by Crippen LogP contribution is -2.31. The Kier molecular flexibility index (Phi) is 11.2. The van der Waals surface area contributed by atoms with Crippen molar-refractivity contribution in [2.45, 2.75) is 97.1 Å². The number of rotatable bonds is 8. The predicted molar refractivity (Wildman–Crippen MR) is 102 cm³/mol. The molecule has 0 radical (unpaired) electrons. The van der Waals surface area contributed by atoms with Gasteiger partial charge in [-0.15, -0.1) is 0 Å². The number of hydrogen-bond acceptors (Lipinski definition) is 4. The van der Waals surface area contributed by atoms with Gasteiger partial charge in [0.25, 0.3) is 0 Å². The molecule has 5 heteroatoms. The van der Waals surface area contributed by atoms with Crippen molar-refractivity contribution >= 4 is 18.1 Å². The molecule has 2 aliphatic heterocycles. The number of carbonyl (C=O) groups is 2. The molecule has 2 heterocycles. The molecule has 1 N–H and O–H groups in total. The lowest BCUT2D eigenvalue weighted by Gasteiger charge is -2.07. The second-order valence-electron chi connectivity index (χ2n) is 7.10. The first-order valence-electron chi connectivity index (χ1n) is 10.1. The van der Waals surface area contributed by atoms with Crippen LogP contribution in [0.2, 0.25) is 0 Å². The smallest absolute Gasteiger partial charge is 0.306 e. The minimum atomic E-state index is -0.0634. The Hall–Kier alpha value is -1.39. The maximum atomic E-state index is 11.1. The molecule has 0 bridgehead atoms. The highest BCUT2D eigenvalue weighted by Crippen LogP contribution is 2.19. The molecule has 2 aliphatic rings.